The average molecular weight is 422 g/mol. The molecule has 0 unspecified atom stereocenters. The average Bonchev–Trinajstić information content (AvgIpc) is 2.36. The summed E-state index contributed by atoms with van der Waals surface area (Å²) in [5.74, 6) is 0. The fourth-order valence-electron chi connectivity index (χ4n) is 1.56. The Labute approximate surface area is 143 Å². The number of hydrogen-bond donors (Lipinski definition) is 1. The van der Waals surface area contributed by atoms with Crippen molar-refractivity contribution in [1.29, 1.82) is 0 Å². The number of hydrogen-bond acceptors (Lipinski definition) is 3. The van der Waals surface area contributed by atoms with Gasteiger partial charge in [-0.25, -0.2) is 4.79 Å². The second-order valence-corrected chi connectivity index (χ2v) is 7.54. The van der Waals surface area contributed by atoms with Crippen molar-refractivity contribution in [3.8, 4) is 0 Å². The Morgan fingerprint density at radius 3 is 2.52 bits per heavy atom. The van der Waals surface area contributed by atoms with E-state index >= 15 is 0 Å². The molecule has 1 amide bonds. The molecule has 0 aliphatic carbocycles. The smallest absolute Gasteiger partial charge is 0.410 e. The molecule has 6 heteroatoms. The largest absolute Gasteiger partial charge is 0.444 e. The van der Waals surface area contributed by atoms with Crippen LogP contribution >= 0.6 is 31.9 Å². The van der Waals surface area contributed by atoms with E-state index in [1.54, 1.807) is 11.9 Å². The molecule has 0 heterocycles. The Bertz CT molecular complexity index is 487. The topological polar surface area (TPSA) is 41.6 Å². The van der Waals surface area contributed by atoms with Crippen molar-refractivity contribution in [3.63, 3.8) is 0 Å². The molecular formula is C15H22Br2N2O2. The first-order valence-corrected chi connectivity index (χ1v) is 8.36. The number of halogens is 2. The van der Waals surface area contributed by atoms with Gasteiger partial charge in [-0.05, 0) is 70.3 Å². The molecule has 118 valence electrons. The summed E-state index contributed by atoms with van der Waals surface area (Å²) in [5, 5.41) is 3.31. The maximum atomic E-state index is 11.8. The van der Waals surface area contributed by atoms with E-state index in [2.05, 4.69) is 49.3 Å². The molecule has 0 saturated heterocycles. The molecule has 0 aliphatic rings. The van der Waals surface area contributed by atoms with Crippen LogP contribution in [0, 0.1) is 0 Å². The van der Waals surface area contributed by atoms with Crippen LogP contribution in [0.3, 0.4) is 0 Å². The van der Waals surface area contributed by atoms with Gasteiger partial charge in [0.2, 0.25) is 0 Å². The zero-order chi connectivity index (χ0) is 16.0. The number of benzene rings is 1. The molecule has 0 aromatic heterocycles. The van der Waals surface area contributed by atoms with E-state index in [0.29, 0.717) is 13.1 Å². The monoisotopic (exact) mass is 420 g/mol. The van der Waals surface area contributed by atoms with Gasteiger partial charge in [-0.15, -0.1) is 0 Å². The van der Waals surface area contributed by atoms with E-state index in [-0.39, 0.29) is 6.09 Å². The van der Waals surface area contributed by atoms with E-state index in [0.717, 1.165) is 15.5 Å². The van der Waals surface area contributed by atoms with Gasteiger partial charge in [0.15, 0.2) is 0 Å². The summed E-state index contributed by atoms with van der Waals surface area (Å²) < 4.78 is 7.36. The SMILES string of the molecule is CN(CCNCc1ccc(Br)c(Br)c1)C(=O)OC(C)(C)C. The van der Waals surface area contributed by atoms with E-state index in [4.69, 9.17) is 4.74 Å². The van der Waals surface area contributed by atoms with Crippen molar-refractivity contribution < 1.29 is 9.53 Å². The highest BCUT2D eigenvalue weighted by molar-refractivity contribution is 9.13. The van der Waals surface area contributed by atoms with Crippen LogP contribution in [0.5, 0.6) is 0 Å². The third-order valence-electron chi connectivity index (χ3n) is 2.64. The number of rotatable bonds is 5. The summed E-state index contributed by atoms with van der Waals surface area (Å²) in [4.78, 5) is 13.3. The molecule has 0 saturated carbocycles. The summed E-state index contributed by atoms with van der Waals surface area (Å²) in [6, 6.07) is 6.13. The molecule has 0 aliphatic heterocycles. The summed E-state index contributed by atoms with van der Waals surface area (Å²) in [6.45, 7) is 7.66. The fourth-order valence-corrected chi connectivity index (χ4v) is 2.23. The molecule has 21 heavy (non-hydrogen) atoms. The van der Waals surface area contributed by atoms with Crippen molar-refractivity contribution >= 4 is 38.0 Å². The quantitative estimate of drug-likeness (QED) is 0.725. The molecule has 1 rings (SSSR count). The zero-order valence-corrected chi connectivity index (χ0v) is 16.0. The van der Waals surface area contributed by atoms with Crippen molar-refractivity contribution in [2.45, 2.75) is 32.9 Å². The molecule has 0 radical (unpaired) electrons. The van der Waals surface area contributed by atoms with Crippen LogP contribution in [0.25, 0.3) is 0 Å². The second-order valence-electron chi connectivity index (χ2n) is 5.83. The Hall–Kier alpha value is -0.590. The van der Waals surface area contributed by atoms with Crippen LogP contribution in [0.2, 0.25) is 0 Å². The van der Waals surface area contributed by atoms with Gasteiger partial charge in [0, 0.05) is 35.6 Å². The molecular weight excluding hydrogens is 400 g/mol. The first-order valence-electron chi connectivity index (χ1n) is 6.78. The van der Waals surface area contributed by atoms with E-state index in [1.807, 2.05) is 26.8 Å². The van der Waals surface area contributed by atoms with Gasteiger partial charge >= 0.3 is 6.09 Å². The molecule has 0 fully saturated rings. The maximum absolute atomic E-state index is 11.8. The van der Waals surface area contributed by atoms with Gasteiger partial charge < -0.3 is 15.0 Å². The van der Waals surface area contributed by atoms with Gasteiger partial charge in [0.05, 0.1) is 0 Å². The highest BCUT2D eigenvalue weighted by atomic mass is 79.9. The third-order valence-corrected chi connectivity index (χ3v) is 4.52. The van der Waals surface area contributed by atoms with Gasteiger partial charge in [0.25, 0.3) is 0 Å². The molecule has 0 bridgehead atoms. The van der Waals surface area contributed by atoms with Crippen LogP contribution < -0.4 is 5.32 Å². The molecule has 1 N–H and O–H groups in total. The summed E-state index contributed by atoms with van der Waals surface area (Å²) in [7, 11) is 1.74. The first-order chi connectivity index (χ1) is 9.69. The third kappa shape index (κ3) is 7.29. The lowest BCUT2D eigenvalue weighted by Gasteiger charge is -2.24. The van der Waals surface area contributed by atoms with Gasteiger partial charge in [-0.1, -0.05) is 6.07 Å². The molecule has 0 spiro atoms. The van der Waals surface area contributed by atoms with Crippen molar-refractivity contribution in [2.24, 2.45) is 0 Å². The lowest BCUT2D eigenvalue weighted by atomic mass is 10.2. The van der Waals surface area contributed by atoms with E-state index in [9.17, 15) is 4.79 Å². The molecule has 4 nitrogen and oxygen atoms in total. The fraction of sp³-hybridized carbons (Fsp3) is 0.533. The van der Waals surface area contributed by atoms with Crippen molar-refractivity contribution in [2.75, 3.05) is 20.1 Å². The maximum Gasteiger partial charge on any atom is 0.410 e. The minimum absolute atomic E-state index is 0.296. The lowest BCUT2D eigenvalue weighted by Crippen LogP contribution is -2.37. The molecule has 0 atom stereocenters. The van der Waals surface area contributed by atoms with Crippen LogP contribution in [0.15, 0.2) is 27.1 Å². The number of nitrogens with zero attached hydrogens (tertiary/aromatic N) is 1. The van der Waals surface area contributed by atoms with Crippen LogP contribution in [0.4, 0.5) is 4.79 Å². The second kappa shape index (κ2) is 8.15. The van der Waals surface area contributed by atoms with Crippen molar-refractivity contribution in [1.82, 2.24) is 10.2 Å². The van der Waals surface area contributed by atoms with Crippen LogP contribution in [0.1, 0.15) is 26.3 Å². The van der Waals surface area contributed by atoms with Gasteiger partial charge in [0.1, 0.15) is 5.60 Å². The van der Waals surface area contributed by atoms with E-state index in [1.165, 1.54) is 5.56 Å². The van der Waals surface area contributed by atoms with Crippen LogP contribution in [-0.4, -0.2) is 36.7 Å². The highest BCUT2D eigenvalue weighted by Crippen LogP contribution is 2.23. The number of carbonyl (C=O) groups is 1. The number of nitrogens with one attached hydrogen (secondary N) is 1. The lowest BCUT2D eigenvalue weighted by molar-refractivity contribution is 0.0300. The minimum Gasteiger partial charge on any atom is -0.444 e. The Balaban J connectivity index is 2.30. The minimum atomic E-state index is -0.456. The normalized spacial score (nSPS) is 11.3. The zero-order valence-electron chi connectivity index (χ0n) is 12.9. The highest BCUT2D eigenvalue weighted by Gasteiger charge is 2.18. The first kappa shape index (κ1) is 18.5. The Morgan fingerprint density at radius 1 is 1.29 bits per heavy atom. The summed E-state index contributed by atoms with van der Waals surface area (Å²) >= 11 is 6.93. The predicted octanol–water partition coefficient (Wildman–Crippen LogP) is 4.17. The summed E-state index contributed by atoms with van der Waals surface area (Å²) in [5.41, 5.74) is 0.729. The number of likely N-dealkylation sites (N-methyl/N-ethyl adjacent to an activating group) is 1. The van der Waals surface area contributed by atoms with Gasteiger partial charge in [-0.2, -0.15) is 0 Å². The van der Waals surface area contributed by atoms with Gasteiger partial charge in [-0.3, -0.25) is 0 Å². The van der Waals surface area contributed by atoms with E-state index < -0.39 is 5.60 Å². The molecule has 1 aromatic carbocycles. The predicted molar refractivity (Wildman–Crippen MR) is 92.4 cm³/mol. The Morgan fingerprint density at radius 2 is 1.95 bits per heavy atom. The summed E-state index contributed by atoms with van der Waals surface area (Å²) in [6.07, 6.45) is -0.296. The van der Waals surface area contributed by atoms with Crippen LogP contribution in [-0.2, 0) is 11.3 Å². The number of ether oxygens (including phenoxy) is 1. The van der Waals surface area contributed by atoms with Crippen molar-refractivity contribution in [3.05, 3.63) is 32.7 Å². The number of carbonyl (C=O) groups excluding carboxylic acids is 1. The standard InChI is InChI=1S/C15H22Br2N2O2/c1-15(2,3)21-14(20)19(4)8-7-18-10-11-5-6-12(16)13(17)9-11/h5-6,9,18H,7-8,10H2,1-4H3. The Kier molecular flexibility index (Phi) is 7.16. The number of amides is 1. The molecule has 1 aromatic rings.